The number of aryl methyl sites for hydroxylation is 1. The van der Waals surface area contributed by atoms with Gasteiger partial charge in [-0.15, -0.1) is 11.3 Å². The molecule has 5 rings (SSSR count). The molecule has 1 N–H and O–H groups in total. The molecule has 2 aliphatic heterocycles. The Morgan fingerprint density at radius 2 is 1.94 bits per heavy atom. The molecule has 33 heavy (non-hydrogen) atoms. The van der Waals surface area contributed by atoms with Gasteiger partial charge >= 0.3 is 0 Å². The molecule has 0 spiro atoms. The van der Waals surface area contributed by atoms with Gasteiger partial charge in [0.25, 0.3) is 0 Å². The van der Waals surface area contributed by atoms with Gasteiger partial charge in [-0.2, -0.15) is 0 Å². The maximum Gasteiger partial charge on any atom is 0.178 e. The Balaban J connectivity index is 1.15. The second-order valence-corrected chi connectivity index (χ2v) is 10.0. The van der Waals surface area contributed by atoms with Crippen LogP contribution < -0.4 is 4.74 Å². The quantitative estimate of drug-likeness (QED) is 0.571. The molecular formula is C25H30N4O3S. The van der Waals surface area contributed by atoms with Gasteiger partial charge in [0.15, 0.2) is 12.3 Å². The first-order valence-electron chi connectivity index (χ1n) is 11.5. The first kappa shape index (κ1) is 22.3. The molecule has 3 atom stereocenters. The number of aliphatic hydroxyl groups is 1. The monoisotopic (exact) mass is 466 g/mol. The number of ether oxygens (including phenoxy) is 1. The summed E-state index contributed by atoms with van der Waals surface area (Å²) in [6.07, 6.45) is -0.140. The number of hydrogen-bond acceptors (Lipinski definition) is 8. The summed E-state index contributed by atoms with van der Waals surface area (Å²) in [5.41, 5.74) is 3.20. The topological polar surface area (TPSA) is 70.4 Å². The van der Waals surface area contributed by atoms with E-state index in [0.29, 0.717) is 0 Å². The summed E-state index contributed by atoms with van der Waals surface area (Å²) in [5, 5.41) is 15.8. The van der Waals surface area contributed by atoms with Crippen LogP contribution in [0.4, 0.5) is 0 Å². The lowest BCUT2D eigenvalue weighted by molar-refractivity contribution is -0.0732. The molecule has 2 aromatic carbocycles. The van der Waals surface area contributed by atoms with E-state index in [1.807, 2.05) is 43.3 Å². The van der Waals surface area contributed by atoms with Gasteiger partial charge < -0.3 is 14.7 Å². The minimum atomic E-state index is -0.608. The number of rotatable bonds is 7. The molecule has 7 nitrogen and oxygen atoms in total. The summed E-state index contributed by atoms with van der Waals surface area (Å²) in [6.45, 7) is 8.05. The van der Waals surface area contributed by atoms with Gasteiger partial charge in [-0.1, -0.05) is 35.5 Å². The maximum atomic E-state index is 10.4. The Morgan fingerprint density at radius 1 is 1.15 bits per heavy atom. The lowest BCUT2D eigenvalue weighted by Crippen LogP contribution is -2.55. The molecule has 2 aliphatic rings. The van der Waals surface area contributed by atoms with Gasteiger partial charge in [0.2, 0.25) is 0 Å². The van der Waals surface area contributed by atoms with E-state index in [0.717, 1.165) is 65.8 Å². The van der Waals surface area contributed by atoms with Crippen molar-refractivity contribution in [3.63, 3.8) is 0 Å². The predicted octanol–water partition coefficient (Wildman–Crippen LogP) is 3.83. The number of thiazole rings is 1. The maximum absolute atomic E-state index is 10.4. The van der Waals surface area contributed by atoms with Crippen LogP contribution in [0.1, 0.15) is 30.0 Å². The normalized spacial score (nSPS) is 21.5. The van der Waals surface area contributed by atoms with Crippen LogP contribution in [-0.4, -0.2) is 70.7 Å². The number of aromatic nitrogens is 1. The van der Waals surface area contributed by atoms with E-state index >= 15 is 0 Å². The predicted molar refractivity (Wildman–Crippen MR) is 131 cm³/mol. The van der Waals surface area contributed by atoms with Gasteiger partial charge in [0, 0.05) is 45.2 Å². The zero-order chi connectivity index (χ0) is 22.8. The highest BCUT2D eigenvalue weighted by molar-refractivity contribution is 7.18. The summed E-state index contributed by atoms with van der Waals surface area (Å²) in [4.78, 5) is 14.8. The largest absolute Gasteiger partial charge is 0.472 e. The van der Waals surface area contributed by atoms with E-state index in [1.165, 1.54) is 5.56 Å². The van der Waals surface area contributed by atoms with Crippen molar-refractivity contribution in [2.24, 2.45) is 5.16 Å². The Morgan fingerprint density at radius 3 is 2.70 bits per heavy atom. The lowest BCUT2D eigenvalue weighted by Gasteiger charge is -2.40. The molecule has 1 fully saturated rings. The summed E-state index contributed by atoms with van der Waals surface area (Å²) >= 11 is 1.68. The van der Waals surface area contributed by atoms with E-state index in [1.54, 1.807) is 18.3 Å². The van der Waals surface area contributed by atoms with Crippen molar-refractivity contribution in [1.29, 1.82) is 0 Å². The lowest BCUT2D eigenvalue weighted by atomic mass is 10.0. The minimum absolute atomic E-state index is 0.0225. The van der Waals surface area contributed by atoms with Gasteiger partial charge in [-0.25, -0.2) is 4.98 Å². The Kier molecular flexibility index (Phi) is 6.59. The Labute approximate surface area is 198 Å². The molecule has 8 heteroatoms. The number of aliphatic hydroxyl groups excluding tert-OH is 1. The molecule has 1 saturated heterocycles. The number of fused-ring (bicyclic) bond motifs is 1. The third-order valence-corrected chi connectivity index (χ3v) is 7.16. The van der Waals surface area contributed by atoms with E-state index in [9.17, 15) is 5.11 Å². The Bertz CT molecular complexity index is 1110. The SMILES string of the molecule is Cc1nc2cc(OC([C@@H](C)O)N3CCN(CC4=NOC(c5ccccc5)C4)CC3)ccc2s1. The van der Waals surface area contributed by atoms with Crippen LogP contribution in [-0.2, 0) is 4.84 Å². The van der Waals surface area contributed by atoms with E-state index in [2.05, 4.69) is 32.1 Å². The van der Waals surface area contributed by atoms with Crippen LogP contribution in [0, 0.1) is 6.92 Å². The van der Waals surface area contributed by atoms with E-state index in [-0.39, 0.29) is 12.3 Å². The number of nitrogens with zero attached hydrogens (tertiary/aromatic N) is 4. The highest BCUT2D eigenvalue weighted by Gasteiger charge is 2.30. The highest BCUT2D eigenvalue weighted by atomic mass is 32.1. The first-order valence-corrected chi connectivity index (χ1v) is 12.3. The van der Waals surface area contributed by atoms with Crippen molar-refractivity contribution in [3.8, 4) is 5.75 Å². The molecule has 0 amide bonds. The van der Waals surface area contributed by atoms with Crippen LogP contribution in [0.15, 0.2) is 53.7 Å². The molecule has 174 valence electrons. The van der Waals surface area contributed by atoms with Crippen LogP contribution in [0.2, 0.25) is 0 Å². The molecule has 0 saturated carbocycles. The van der Waals surface area contributed by atoms with E-state index in [4.69, 9.17) is 9.57 Å². The average molecular weight is 467 g/mol. The molecule has 0 aliphatic carbocycles. The zero-order valence-electron chi connectivity index (χ0n) is 19.1. The zero-order valence-corrected chi connectivity index (χ0v) is 19.9. The van der Waals surface area contributed by atoms with E-state index < -0.39 is 6.10 Å². The van der Waals surface area contributed by atoms with Crippen molar-refractivity contribution in [3.05, 3.63) is 59.1 Å². The molecule has 1 aromatic heterocycles. The molecule has 2 unspecified atom stereocenters. The number of piperazine rings is 1. The van der Waals surface area contributed by atoms with Gasteiger partial charge in [0.05, 0.1) is 20.9 Å². The van der Waals surface area contributed by atoms with Gasteiger partial charge in [0.1, 0.15) is 11.9 Å². The van der Waals surface area contributed by atoms with Crippen molar-refractivity contribution in [2.45, 2.75) is 38.7 Å². The van der Waals surface area contributed by atoms with Crippen molar-refractivity contribution >= 4 is 27.3 Å². The summed E-state index contributed by atoms with van der Waals surface area (Å²) in [6, 6.07) is 16.2. The second-order valence-electron chi connectivity index (χ2n) is 8.79. The van der Waals surface area contributed by atoms with Crippen LogP contribution in [0.3, 0.4) is 0 Å². The molecule has 3 aromatic rings. The molecule has 3 heterocycles. The van der Waals surface area contributed by atoms with Gasteiger partial charge in [-0.05, 0) is 31.5 Å². The third-order valence-electron chi connectivity index (χ3n) is 6.21. The van der Waals surface area contributed by atoms with Crippen LogP contribution in [0.5, 0.6) is 5.75 Å². The Hall–Kier alpha value is -2.52. The van der Waals surface area contributed by atoms with Crippen molar-refractivity contribution in [2.75, 3.05) is 32.7 Å². The third kappa shape index (κ3) is 5.19. The van der Waals surface area contributed by atoms with Crippen LogP contribution >= 0.6 is 11.3 Å². The highest BCUT2D eigenvalue weighted by Crippen LogP contribution is 2.28. The fourth-order valence-electron chi connectivity index (χ4n) is 4.51. The fraction of sp³-hybridized carbons (Fsp3) is 0.440. The fourth-order valence-corrected chi connectivity index (χ4v) is 5.32. The summed E-state index contributed by atoms with van der Waals surface area (Å²) < 4.78 is 7.39. The average Bonchev–Trinajstić information content (AvgIpc) is 3.44. The van der Waals surface area contributed by atoms with Crippen molar-refractivity contribution in [1.82, 2.24) is 14.8 Å². The molecule has 0 radical (unpaired) electrons. The summed E-state index contributed by atoms with van der Waals surface area (Å²) in [7, 11) is 0. The number of benzene rings is 2. The van der Waals surface area contributed by atoms with Crippen LogP contribution in [0.25, 0.3) is 10.2 Å². The smallest absolute Gasteiger partial charge is 0.178 e. The van der Waals surface area contributed by atoms with Gasteiger partial charge in [-0.3, -0.25) is 9.80 Å². The number of oxime groups is 1. The summed E-state index contributed by atoms with van der Waals surface area (Å²) in [5.74, 6) is 0.741. The standard InChI is InChI=1S/C25H30N4O3S/c1-17(30)25(31-21-8-9-24-22(15-21)26-18(2)33-24)29-12-10-28(11-13-29)16-20-14-23(32-27-20)19-6-4-3-5-7-19/h3-9,15,17,23,25,30H,10-14,16H2,1-2H3/t17-,23?,25?/m1/s1. The van der Waals surface area contributed by atoms with Crippen molar-refractivity contribution < 1.29 is 14.7 Å². The molecule has 0 bridgehead atoms. The minimum Gasteiger partial charge on any atom is -0.472 e. The first-order chi connectivity index (χ1) is 16.0. The second kappa shape index (κ2) is 9.77. The molecular weight excluding hydrogens is 436 g/mol. The number of hydrogen-bond donors (Lipinski definition) is 1.